The first-order valence-electron chi connectivity index (χ1n) is 10.8. The molecule has 1 heterocycles. The third kappa shape index (κ3) is 6.80. The number of piperidine rings is 1. The van der Waals surface area contributed by atoms with Gasteiger partial charge in [0.1, 0.15) is 5.82 Å². The maximum atomic E-state index is 13.6. The molecule has 2 aromatic rings. The number of carbonyl (C=O) groups is 1. The number of rotatable bonds is 8. The summed E-state index contributed by atoms with van der Waals surface area (Å²) >= 11 is 12.3. The molecule has 0 unspecified atom stereocenters. The minimum Gasteiger partial charge on any atom is -0.354 e. The second-order valence-corrected chi connectivity index (χ2v) is 9.25. The zero-order valence-corrected chi connectivity index (χ0v) is 20.6. The SMILES string of the molecule is COC(CN(Cc1cc(Cl)cc(Cl)c1)C(=O)NC1(c2ccc(F)cc2)CCN(C)CC1)OC. The molecule has 0 radical (unpaired) electrons. The van der Waals surface area contributed by atoms with Crippen molar-refractivity contribution in [2.24, 2.45) is 0 Å². The van der Waals surface area contributed by atoms with Crippen LogP contribution >= 0.6 is 23.2 Å². The van der Waals surface area contributed by atoms with Gasteiger partial charge in [-0.1, -0.05) is 35.3 Å². The van der Waals surface area contributed by atoms with Gasteiger partial charge in [0.25, 0.3) is 0 Å². The van der Waals surface area contributed by atoms with Crippen molar-refractivity contribution >= 4 is 29.2 Å². The van der Waals surface area contributed by atoms with Gasteiger partial charge in [-0.25, -0.2) is 9.18 Å². The van der Waals surface area contributed by atoms with Crippen LogP contribution in [0.2, 0.25) is 10.0 Å². The van der Waals surface area contributed by atoms with Gasteiger partial charge in [0.05, 0.1) is 12.1 Å². The predicted octanol–water partition coefficient (Wildman–Crippen LogP) is 4.88. The molecule has 2 amide bonds. The molecule has 0 saturated carbocycles. The molecule has 1 aliphatic heterocycles. The molecule has 0 aliphatic carbocycles. The average Bonchev–Trinajstić information content (AvgIpc) is 2.78. The summed E-state index contributed by atoms with van der Waals surface area (Å²) in [4.78, 5) is 17.5. The highest BCUT2D eigenvalue weighted by Gasteiger charge is 2.38. The normalized spacial score (nSPS) is 16.1. The number of benzene rings is 2. The molecule has 0 spiro atoms. The molecule has 3 rings (SSSR count). The topological polar surface area (TPSA) is 54.0 Å². The van der Waals surface area contributed by atoms with Gasteiger partial charge in [-0.2, -0.15) is 0 Å². The Labute approximate surface area is 204 Å². The molecular formula is C24H30Cl2FN3O3. The highest BCUT2D eigenvalue weighted by molar-refractivity contribution is 6.34. The van der Waals surface area contributed by atoms with Crippen LogP contribution in [0.15, 0.2) is 42.5 Å². The van der Waals surface area contributed by atoms with E-state index in [9.17, 15) is 9.18 Å². The number of likely N-dealkylation sites (tertiary alicyclic amines) is 1. The quantitative estimate of drug-likeness (QED) is 0.527. The fourth-order valence-corrected chi connectivity index (χ4v) is 4.68. The molecule has 1 fully saturated rings. The lowest BCUT2D eigenvalue weighted by Gasteiger charge is -2.43. The van der Waals surface area contributed by atoms with Crippen LogP contribution in [0, 0.1) is 5.82 Å². The molecule has 9 heteroatoms. The van der Waals surface area contributed by atoms with Crippen LogP contribution in [0.3, 0.4) is 0 Å². The summed E-state index contributed by atoms with van der Waals surface area (Å²) in [5.74, 6) is -0.310. The van der Waals surface area contributed by atoms with E-state index in [0.29, 0.717) is 22.9 Å². The number of nitrogens with one attached hydrogen (secondary N) is 1. The first-order chi connectivity index (χ1) is 15.7. The van der Waals surface area contributed by atoms with Crippen LogP contribution in [0.25, 0.3) is 0 Å². The van der Waals surface area contributed by atoms with Crippen LogP contribution < -0.4 is 5.32 Å². The maximum absolute atomic E-state index is 13.6. The van der Waals surface area contributed by atoms with Crippen LogP contribution in [-0.2, 0) is 21.6 Å². The number of amides is 2. The number of halogens is 3. The third-order valence-electron chi connectivity index (χ3n) is 6.06. The Hall–Kier alpha value is -1.90. The molecule has 1 aliphatic rings. The summed E-state index contributed by atoms with van der Waals surface area (Å²) in [6.07, 6.45) is 0.801. The van der Waals surface area contributed by atoms with E-state index in [1.165, 1.54) is 26.4 Å². The number of ether oxygens (including phenoxy) is 2. The molecule has 0 atom stereocenters. The lowest BCUT2D eigenvalue weighted by atomic mass is 9.81. The molecule has 1 saturated heterocycles. The monoisotopic (exact) mass is 497 g/mol. The van der Waals surface area contributed by atoms with Crippen LogP contribution in [-0.4, -0.2) is 63.0 Å². The van der Waals surface area contributed by atoms with E-state index >= 15 is 0 Å². The van der Waals surface area contributed by atoms with E-state index in [1.54, 1.807) is 35.2 Å². The summed E-state index contributed by atoms with van der Waals surface area (Å²) < 4.78 is 24.3. The minimum absolute atomic E-state index is 0.197. The van der Waals surface area contributed by atoms with Crippen molar-refractivity contribution in [2.45, 2.75) is 31.2 Å². The number of hydrogen-bond acceptors (Lipinski definition) is 4. The number of urea groups is 1. The number of hydrogen-bond donors (Lipinski definition) is 1. The molecule has 33 heavy (non-hydrogen) atoms. The van der Waals surface area contributed by atoms with Crippen molar-refractivity contribution in [2.75, 3.05) is 40.9 Å². The molecule has 0 aromatic heterocycles. The van der Waals surface area contributed by atoms with Gasteiger partial charge in [-0.3, -0.25) is 0 Å². The van der Waals surface area contributed by atoms with E-state index in [0.717, 1.165) is 24.2 Å². The van der Waals surface area contributed by atoms with Gasteiger partial charge in [0.15, 0.2) is 6.29 Å². The summed E-state index contributed by atoms with van der Waals surface area (Å²) in [6, 6.07) is 11.3. The predicted molar refractivity (Wildman–Crippen MR) is 128 cm³/mol. The molecule has 180 valence electrons. The van der Waals surface area contributed by atoms with Crippen molar-refractivity contribution in [1.29, 1.82) is 0 Å². The lowest BCUT2D eigenvalue weighted by molar-refractivity contribution is -0.112. The van der Waals surface area contributed by atoms with E-state index < -0.39 is 11.8 Å². The Morgan fingerprint density at radius 3 is 2.24 bits per heavy atom. The van der Waals surface area contributed by atoms with Gasteiger partial charge in [0, 0.05) is 43.9 Å². The fraction of sp³-hybridized carbons (Fsp3) is 0.458. The summed E-state index contributed by atoms with van der Waals surface area (Å²) in [5, 5.41) is 4.24. The zero-order valence-electron chi connectivity index (χ0n) is 19.1. The largest absolute Gasteiger partial charge is 0.354 e. The van der Waals surface area contributed by atoms with Gasteiger partial charge in [0.2, 0.25) is 0 Å². The minimum atomic E-state index is -0.614. The first kappa shape index (κ1) is 25.7. The molecular weight excluding hydrogens is 468 g/mol. The Morgan fingerprint density at radius 1 is 1.12 bits per heavy atom. The fourth-order valence-electron chi connectivity index (χ4n) is 4.11. The third-order valence-corrected chi connectivity index (χ3v) is 6.50. The smallest absolute Gasteiger partial charge is 0.318 e. The highest BCUT2D eigenvalue weighted by atomic mass is 35.5. The van der Waals surface area contributed by atoms with Crippen molar-refractivity contribution in [3.8, 4) is 0 Å². The summed E-state index contributed by atoms with van der Waals surface area (Å²) in [5.41, 5.74) is 1.05. The second-order valence-electron chi connectivity index (χ2n) is 8.38. The Bertz CT molecular complexity index is 913. The Morgan fingerprint density at radius 2 is 1.70 bits per heavy atom. The summed E-state index contributed by atoms with van der Waals surface area (Å²) in [7, 11) is 5.10. The lowest BCUT2D eigenvalue weighted by Crippen LogP contribution is -2.56. The van der Waals surface area contributed by atoms with Crippen molar-refractivity contribution in [3.05, 3.63) is 69.5 Å². The highest BCUT2D eigenvalue weighted by Crippen LogP contribution is 2.33. The Balaban J connectivity index is 1.89. The van der Waals surface area contributed by atoms with E-state index in [2.05, 4.69) is 10.2 Å². The Kier molecular flexibility index (Phi) is 8.95. The van der Waals surface area contributed by atoms with Gasteiger partial charge in [-0.15, -0.1) is 0 Å². The molecule has 1 N–H and O–H groups in total. The second kappa shape index (κ2) is 11.5. The molecule has 6 nitrogen and oxygen atoms in total. The first-order valence-corrected chi connectivity index (χ1v) is 11.5. The number of methoxy groups -OCH3 is 2. The van der Waals surface area contributed by atoms with Crippen LogP contribution in [0.1, 0.15) is 24.0 Å². The van der Waals surface area contributed by atoms with Crippen LogP contribution in [0.4, 0.5) is 9.18 Å². The number of nitrogens with zero attached hydrogens (tertiary/aromatic N) is 2. The van der Waals surface area contributed by atoms with Crippen molar-refractivity contribution in [1.82, 2.24) is 15.1 Å². The van der Waals surface area contributed by atoms with Crippen LogP contribution in [0.5, 0.6) is 0 Å². The van der Waals surface area contributed by atoms with E-state index in [4.69, 9.17) is 32.7 Å². The van der Waals surface area contributed by atoms with E-state index in [-0.39, 0.29) is 24.9 Å². The summed E-state index contributed by atoms with van der Waals surface area (Å²) in [6.45, 7) is 2.07. The van der Waals surface area contributed by atoms with Crippen molar-refractivity contribution in [3.63, 3.8) is 0 Å². The average molecular weight is 498 g/mol. The molecule has 0 bridgehead atoms. The maximum Gasteiger partial charge on any atom is 0.318 e. The van der Waals surface area contributed by atoms with E-state index in [1.807, 2.05) is 7.05 Å². The van der Waals surface area contributed by atoms with Gasteiger partial charge in [-0.05, 0) is 61.3 Å². The zero-order chi connectivity index (χ0) is 24.0. The standard InChI is InChI=1S/C24H30Cl2FN3O3/c1-29-10-8-24(9-11-29,18-4-6-21(27)7-5-18)28-23(31)30(16-22(32-2)33-3)15-17-12-19(25)14-20(26)13-17/h4-7,12-14,22H,8-11,15-16H2,1-3H3,(H,28,31). The van der Waals surface area contributed by atoms with Gasteiger partial charge < -0.3 is 24.6 Å². The molecule has 2 aromatic carbocycles. The number of carbonyl (C=O) groups excluding carboxylic acids is 1. The van der Waals surface area contributed by atoms with Crippen molar-refractivity contribution < 1.29 is 18.7 Å². The van der Waals surface area contributed by atoms with Gasteiger partial charge >= 0.3 is 6.03 Å².